The zero-order chi connectivity index (χ0) is 17.1. The maximum atomic E-state index is 12.3. The third-order valence-corrected chi connectivity index (χ3v) is 3.08. The second-order valence-corrected chi connectivity index (χ2v) is 6.07. The fourth-order valence-electron chi connectivity index (χ4n) is 2.23. The minimum Gasteiger partial charge on any atom is -0.479 e. The van der Waals surface area contributed by atoms with Gasteiger partial charge in [0.1, 0.15) is 5.60 Å². The first-order chi connectivity index (χ1) is 10.1. The van der Waals surface area contributed by atoms with Crippen LogP contribution in [0.15, 0.2) is 6.20 Å². The third-order valence-electron chi connectivity index (χ3n) is 3.08. The zero-order valence-electron chi connectivity index (χ0n) is 14.1. The Morgan fingerprint density at radius 2 is 2.00 bits per heavy atom. The number of hydrogen-bond acceptors (Lipinski definition) is 4. The number of carbonyl (C=O) groups excluding carboxylic acids is 1. The molecule has 1 unspecified atom stereocenters. The van der Waals surface area contributed by atoms with Gasteiger partial charge in [-0.2, -0.15) is 5.10 Å². The topological polar surface area (TPSA) is 84.7 Å². The number of carboxylic acid groups (broad SMARTS) is 1. The van der Waals surface area contributed by atoms with Gasteiger partial charge < -0.3 is 9.84 Å². The molecule has 1 N–H and O–H groups in total. The van der Waals surface area contributed by atoms with Crippen LogP contribution in [0.3, 0.4) is 0 Å². The van der Waals surface area contributed by atoms with Crippen LogP contribution in [-0.4, -0.2) is 44.0 Å². The number of likely N-dealkylation sites (N-methyl/N-ethyl adjacent to an activating group) is 1. The highest BCUT2D eigenvalue weighted by molar-refractivity contribution is 5.81. The van der Waals surface area contributed by atoms with E-state index in [1.165, 1.54) is 4.90 Å². The van der Waals surface area contributed by atoms with Crippen LogP contribution in [0.1, 0.15) is 51.9 Å². The van der Waals surface area contributed by atoms with Crippen molar-refractivity contribution in [2.24, 2.45) is 7.05 Å². The van der Waals surface area contributed by atoms with Crippen molar-refractivity contribution in [1.82, 2.24) is 14.7 Å². The number of aliphatic carboxylic acids is 1. The van der Waals surface area contributed by atoms with Crippen LogP contribution in [0.2, 0.25) is 0 Å². The summed E-state index contributed by atoms with van der Waals surface area (Å²) in [6, 6.07) is -1.11. The molecule has 0 aliphatic carbocycles. The zero-order valence-corrected chi connectivity index (χ0v) is 14.1. The molecule has 1 heterocycles. The van der Waals surface area contributed by atoms with Crippen molar-refractivity contribution in [3.63, 3.8) is 0 Å². The van der Waals surface area contributed by atoms with Gasteiger partial charge in [0, 0.05) is 25.4 Å². The Balaban J connectivity index is 3.22. The van der Waals surface area contributed by atoms with Gasteiger partial charge in [0.2, 0.25) is 0 Å². The molecule has 0 saturated heterocycles. The lowest BCUT2D eigenvalue weighted by Gasteiger charge is -2.30. The maximum Gasteiger partial charge on any atom is 0.411 e. The smallest absolute Gasteiger partial charge is 0.411 e. The van der Waals surface area contributed by atoms with Crippen molar-refractivity contribution in [2.75, 3.05) is 6.54 Å². The van der Waals surface area contributed by atoms with E-state index in [1.807, 2.05) is 6.92 Å². The number of ether oxygens (including phenoxy) is 1. The molecule has 1 rings (SSSR count). The summed E-state index contributed by atoms with van der Waals surface area (Å²) < 4.78 is 6.88. The predicted molar refractivity (Wildman–Crippen MR) is 81.6 cm³/mol. The van der Waals surface area contributed by atoms with E-state index in [1.54, 1.807) is 45.6 Å². The molecule has 7 nitrogen and oxygen atoms in total. The van der Waals surface area contributed by atoms with Crippen LogP contribution in [0, 0.1) is 0 Å². The summed E-state index contributed by atoms with van der Waals surface area (Å²) in [5.41, 5.74) is 0.498. The molecule has 1 amide bonds. The van der Waals surface area contributed by atoms with Crippen molar-refractivity contribution >= 4 is 12.1 Å². The Hall–Kier alpha value is -2.05. The molecule has 22 heavy (non-hydrogen) atoms. The van der Waals surface area contributed by atoms with Crippen molar-refractivity contribution in [2.45, 2.75) is 52.7 Å². The number of hydrogen-bond donors (Lipinski definition) is 1. The maximum absolute atomic E-state index is 12.3. The number of carbonyl (C=O) groups is 2. The van der Waals surface area contributed by atoms with Crippen molar-refractivity contribution < 1.29 is 19.4 Å². The lowest BCUT2D eigenvalue weighted by molar-refractivity contribution is -0.143. The van der Waals surface area contributed by atoms with Gasteiger partial charge in [-0.3, -0.25) is 9.58 Å². The summed E-state index contributed by atoms with van der Waals surface area (Å²) in [6.07, 6.45) is 1.59. The molecule has 0 aliphatic heterocycles. The molecular formula is C15H25N3O4. The highest BCUT2D eigenvalue weighted by atomic mass is 16.6. The molecule has 1 atom stereocenters. The molecule has 0 radical (unpaired) electrons. The Bertz CT molecular complexity index is 545. The number of amides is 1. The van der Waals surface area contributed by atoms with Crippen LogP contribution in [0.5, 0.6) is 0 Å². The van der Waals surface area contributed by atoms with Crippen LogP contribution in [0.4, 0.5) is 4.79 Å². The molecule has 1 aromatic heterocycles. The van der Waals surface area contributed by atoms with E-state index in [4.69, 9.17) is 4.74 Å². The quantitative estimate of drug-likeness (QED) is 0.902. The van der Waals surface area contributed by atoms with Gasteiger partial charge in [-0.1, -0.05) is 6.92 Å². The lowest BCUT2D eigenvalue weighted by Crippen LogP contribution is -2.42. The number of aryl methyl sites for hydroxylation is 2. The van der Waals surface area contributed by atoms with Gasteiger partial charge in [0.15, 0.2) is 6.04 Å². The third kappa shape index (κ3) is 4.22. The second kappa shape index (κ2) is 6.81. The van der Waals surface area contributed by atoms with Gasteiger partial charge in [-0.25, -0.2) is 9.59 Å². The van der Waals surface area contributed by atoms with Crippen LogP contribution in [-0.2, 0) is 23.0 Å². The molecule has 0 spiro atoms. The van der Waals surface area contributed by atoms with E-state index < -0.39 is 23.7 Å². The van der Waals surface area contributed by atoms with Crippen LogP contribution in [0.25, 0.3) is 0 Å². The first-order valence-electron chi connectivity index (χ1n) is 7.35. The predicted octanol–water partition coefficient (Wildman–Crippen LogP) is 2.37. The molecule has 1 aromatic rings. The molecule has 7 heteroatoms. The SMILES string of the molecule is CCc1nn(C)cc1C(C(=O)O)N(CC)C(=O)OC(C)(C)C. The van der Waals surface area contributed by atoms with Crippen molar-refractivity contribution in [1.29, 1.82) is 0 Å². The number of rotatable bonds is 5. The highest BCUT2D eigenvalue weighted by Crippen LogP contribution is 2.26. The summed E-state index contributed by atoms with van der Waals surface area (Å²) in [4.78, 5) is 25.3. The number of aromatic nitrogens is 2. The second-order valence-electron chi connectivity index (χ2n) is 6.07. The molecule has 0 aliphatic rings. The summed E-state index contributed by atoms with van der Waals surface area (Å²) in [5, 5.41) is 13.9. The number of carboxylic acids is 1. The highest BCUT2D eigenvalue weighted by Gasteiger charge is 2.35. The Kier molecular flexibility index (Phi) is 5.57. The van der Waals surface area contributed by atoms with Gasteiger partial charge in [0.25, 0.3) is 0 Å². The number of nitrogens with zero attached hydrogens (tertiary/aromatic N) is 3. The van der Waals surface area contributed by atoms with E-state index in [0.29, 0.717) is 17.7 Å². The van der Waals surface area contributed by atoms with Gasteiger partial charge >= 0.3 is 12.1 Å². The van der Waals surface area contributed by atoms with Gasteiger partial charge in [-0.05, 0) is 34.1 Å². The molecule has 124 valence electrons. The van der Waals surface area contributed by atoms with E-state index >= 15 is 0 Å². The van der Waals surface area contributed by atoms with E-state index in [2.05, 4.69) is 5.10 Å². The summed E-state index contributed by atoms with van der Waals surface area (Å²) >= 11 is 0. The average molecular weight is 311 g/mol. The minimum atomic E-state index is -1.11. The Morgan fingerprint density at radius 3 is 2.41 bits per heavy atom. The molecule has 0 fully saturated rings. The van der Waals surface area contributed by atoms with Gasteiger partial charge in [-0.15, -0.1) is 0 Å². The van der Waals surface area contributed by atoms with E-state index in [-0.39, 0.29) is 6.54 Å². The van der Waals surface area contributed by atoms with Crippen LogP contribution < -0.4 is 0 Å². The first-order valence-corrected chi connectivity index (χ1v) is 7.35. The molecular weight excluding hydrogens is 286 g/mol. The minimum absolute atomic E-state index is 0.226. The van der Waals surface area contributed by atoms with Crippen molar-refractivity contribution in [3.8, 4) is 0 Å². The van der Waals surface area contributed by atoms with E-state index in [9.17, 15) is 14.7 Å². The largest absolute Gasteiger partial charge is 0.479 e. The lowest BCUT2D eigenvalue weighted by atomic mass is 10.1. The van der Waals surface area contributed by atoms with Crippen LogP contribution >= 0.6 is 0 Å². The molecule has 0 bridgehead atoms. The van der Waals surface area contributed by atoms with E-state index in [0.717, 1.165) is 0 Å². The Labute approximate surface area is 130 Å². The summed E-state index contributed by atoms with van der Waals surface area (Å²) in [5.74, 6) is -1.10. The summed E-state index contributed by atoms with van der Waals surface area (Å²) in [7, 11) is 1.73. The van der Waals surface area contributed by atoms with Gasteiger partial charge in [0.05, 0.1) is 5.69 Å². The molecule has 0 saturated carbocycles. The Morgan fingerprint density at radius 1 is 1.41 bits per heavy atom. The normalized spacial score (nSPS) is 12.8. The first kappa shape index (κ1) is 18.0. The fraction of sp³-hybridized carbons (Fsp3) is 0.667. The summed E-state index contributed by atoms with van der Waals surface area (Å²) in [6.45, 7) is 9.09. The fourth-order valence-corrected chi connectivity index (χ4v) is 2.23. The van der Waals surface area contributed by atoms with Crippen molar-refractivity contribution in [3.05, 3.63) is 17.5 Å². The monoisotopic (exact) mass is 311 g/mol. The standard InChI is InChI=1S/C15H25N3O4/c1-7-11-10(9-17(6)16-11)12(13(19)20)18(8-2)14(21)22-15(3,4)5/h9,12H,7-8H2,1-6H3,(H,19,20). The average Bonchev–Trinajstić information content (AvgIpc) is 2.73. The molecule has 0 aromatic carbocycles.